The van der Waals surface area contributed by atoms with Crippen molar-refractivity contribution >= 4 is 22.8 Å². The van der Waals surface area contributed by atoms with Gasteiger partial charge in [0, 0.05) is 41.6 Å². The van der Waals surface area contributed by atoms with E-state index in [2.05, 4.69) is 41.3 Å². The molecule has 31 heavy (non-hydrogen) atoms. The lowest BCUT2D eigenvalue weighted by atomic mass is 9.71. The SMILES string of the molecule is CCOC(=O)CN(C(=O)C(N)[C@@H]1C[C@@H]2c3cccc4[nH]cc(c34)C[C@H]2N(C)C1)C(C)C. The summed E-state index contributed by atoms with van der Waals surface area (Å²) < 4.78 is 5.06. The molecule has 1 aromatic heterocycles. The number of likely N-dealkylation sites (tertiary alicyclic amines) is 1. The Labute approximate surface area is 183 Å². The van der Waals surface area contributed by atoms with E-state index in [0.29, 0.717) is 18.6 Å². The zero-order chi connectivity index (χ0) is 22.3. The smallest absolute Gasteiger partial charge is 0.325 e. The summed E-state index contributed by atoms with van der Waals surface area (Å²) in [7, 11) is 2.14. The quantitative estimate of drug-likeness (QED) is 0.692. The van der Waals surface area contributed by atoms with E-state index in [1.807, 2.05) is 13.8 Å². The zero-order valence-corrected chi connectivity index (χ0v) is 18.9. The number of aromatic nitrogens is 1. The summed E-state index contributed by atoms with van der Waals surface area (Å²) in [6.07, 6.45) is 4.02. The highest BCUT2D eigenvalue weighted by Crippen LogP contribution is 2.44. The Morgan fingerprint density at radius 3 is 2.84 bits per heavy atom. The number of likely N-dealkylation sites (N-methyl/N-ethyl adjacent to an activating group) is 1. The minimum absolute atomic E-state index is 0.0259. The molecule has 1 aliphatic carbocycles. The van der Waals surface area contributed by atoms with Gasteiger partial charge < -0.3 is 25.3 Å². The van der Waals surface area contributed by atoms with Crippen molar-refractivity contribution in [1.29, 1.82) is 0 Å². The van der Waals surface area contributed by atoms with Gasteiger partial charge in [0.1, 0.15) is 6.54 Å². The number of rotatable bonds is 6. The number of aromatic amines is 1. The summed E-state index contributed by atoms with van der Waals surface area (Å²) in [5, 5.41) is 1.34. The molecular weight excluding hydrogens is 392 g/mol. The maximum absolute atomic E-state index is 13.3. The van der Waals surface area contributed by atoms with E-state index in [-0.39, 0.29) is 24.4 Å². The highest BCUT2D eigenvalue weighted by molar-refractivity contribution is 5.89. The first-order valence-electron chi connectivity index (χ1n) is 11.3. The molecule has 3 N–H and O–H groups in total. The minimum atomic E-state index is -0.646. The molecule has 1 unspecified atom stereocenters. The van der Waals surface area contributed by atoms with E-state index in [4.69, 9.17) is 10.5 Å². The van der Waals surface area contributed by atoms with Crippen LogP contribution < -0.4 is 5.73 Å². The molecule has 4 rings (SSSR count). The Morgan fingerprint density at radius 1 is 1.35 bits per heavy atom. The van der Waals surface area contributed by atoms with Crippen molar-refractivity contribution in [2.45, 2.75) is 57.7 Å². The van der Waals surface area contributed by atoms with E-state index >= 15 is 0 Å². The monoisotopic (exact) mass is 426 g/mol. The number of hydrogen-bond acceptors (Lipinski definition) is 5. The third-order valence-corrected chi connectivity index (χ3v) is 7.06. The van der Waals surface area contributed by atoms with Crippen molar-refractivity contribution in [3.05, 3.63) is 35.5 Å². The molecule has 7 heteroatoms. The lowest BCUT2D eigenvalue weighted by Crippen LogP contribution is -2.57. The molecular formula is C24H34N4O3. The molecule has 2 aliphatic rings. The second-order valence-corrected chi connectivity index (χ2v) is 9.29. The van der Waals surface area contributed by atoms with Gasteiger partial charge in [-0.25, -0.2) is 0 Å². The number of carbonyl (C=O) groups excluding carboxylic acids is 2. The van der Waals surface area contributed by atoms with Crippen LogP contribution in [0, 0.1) is 5.92 Å². The van der Waals surface area contributed by atoms with Crippen LogP contribution in [0.2, 0.25) is 0 Å². The predicted molar refractivity (Wildman–Crippen MR) is 121 cm³/mol. The number of fused-ring (bicyclic) bond motifs is 2. The molecule has 1 amide bonds. The molecule has 1 aromatic carbocycles. The summed E-state index contributed by atoms with van der Waals surface area (Å²) in [5.41, 5.74) is 10.5. The van der Waals surface area contributed by atoms with Gasteiger partial charge in [0.15, 0.2) is 0 Å². The van der Waals surface area contributed by atoms with E-state index in [1.54, 1.807) is 11.8 Å². The minimum Gasteiger partial charge on any atom is -0.465 e. The Hall–Kier alpha value is -2.38. The van der Waals surface area contributed by atoms with Crippen LogP contribution in [0.4, 0.5) is 0 Å². The number of H-pyrrole nitrogens is 1. The van der Waals surface area contributed by atoms with Crippen LogP contribution in [-0.2, 0) is 20.7 Å². The summed E-state index contributed by atoms with van der Waals surface area (Å²) in [6.45, 7) is 6.59. The second kappa shape index (κ2) is 8.63. The summed E-state index contributed by atoms with van der Waals surface area (Å²) in [4.78, 5) is 32.7. The van der Waals surface area contributed by atoms with Crippen LogP contribution in [0.3, 0.4) is 0 Å². The number of nitrogens with one attached hydrogen (secondary N) is 1. The van der Waals surface area contributed by atoms with Gasteiger partial charge in [-0.05, 0) is 63.8 Å². The van der Waals surface area contributed by atoms with Crippen molar-refractivity contribution in [3.63, 3.8) is 0 Å². The molecule has 0 spiro atoms. The van der Waals surface area contributed by atoms with Crippen molar-refractivity contribution in [2.75, 3.05) is 26.7 Å². The van der Waals surface area contributed by atoms with Crippen LogP contribution in [0.1, 0.15) is 44.2 Å². The van der Waals surface area contributed by atoms with Crippen LogP contribution in [0.5, 0.6) is 0 Å². The second-order valence-electron chi connectivity index (χ2n) is 9.29. The zero-order valence-electron chi connectivity index (χ0n) is 18.9. The lowest BCUT2D eigenvalue weighted by Gasteiger charge is -2.47. The molecule has 2 heterocycles. The van der Waals surface area contributed by atoms with Gasteiger partial charge in [0.25, 0.3) is 0 Å². The van der Waals surface area contributed by atoms with Gasteiger partial charge in [-0.15, -0.1) is 0 Å². The largest absolute Gasteiger partial charge is 0.465 e. The highest BCUT2D eigenvalue weighted by Gasteiger charge is 2.43. The van der Waals surface area contributed by atoms with E-state index in [0.717, 1.165) is 19.4 Å². The molecule has 0 saturated carbocycles. The summed E-state index contributed by atoms with van der Waals surface area (Å²) in [6, 6.07) is 6.09. The van der Waals surface area contributed by atoms with Crippen molar-refractivity contribution in [3.8, 4) is 0 Å². The van der Waals surface area contributed by atoms with Crippen LogP contribution in [0.15, 0.2) is 24.4 Å². The number of ether oxygens (including phenoxy) is 1. The van der Waals surface area contributed by atoms with Gasteiger partial charge in [0.05, 0.1) is 12.6 Å². The molecule has 1 fully saturated rings. The summed E-state index contributed by atoms with van der Waals surface area (Å²) >= 11 is 0. The molecule has 1 saturated heterocycles. The molecule has 2 aromatic rings. The molecule has 1 aliphatic heterocycles. The first kappa shape index (κ1) is 21.8. The Kier molecular flexibility index (Phi) is 6.08. The molecule has 168 valence electrons. The van der Waals surface area contributed by atoms with Crippen molar-refractivity contribution in [2.24, 2.45) is 11.7 Å². The number of benzene rings is 1. The van der Waals surface area contributed by atoms with Crippen LogP contribution in [-0.4, -0.2) is 71.5 Å². The third-order valence-electron chi connectivity index (χ3n) is 7.06. The maximum atomic E-state index is 13.3. The van der Waals surface area contributed by atoms with Gasteiger partial charge in [0.2, 0.25) is 5.91 Å². The van der Waals surface area contributed by atoms with E-state index in [1.165, 1.54) is 22.0 Å². The Balaban J connectivity index is 1.56. The molecule has 0 radical (unpaired) electrons. The average Bonchev–Trinajstić information content (AvgIpc) is 3.16. The topological polar surface area (TPSA) is 91.7 Å². The number of amides is 1. The molecule has 0 bridgehead atoms. The standard InChI is InChI=1S/C24H34N4O3/c1-5-31-21(29)13-28(14(2)3)24(30)23(25)16-9-18-17-7-6-8-19-22(17)15(11-26-19)10-20(18)27(4)12-16/h6-8,11,14,16,18,20,23,26H,5,9-10,12-13,25H2,1-4H3/t16-,18-,20-,23?/m1/s1. The van der Waals surface area contributed by atoms with Gasteiger partial charge in [-0.3, -0.25) is 9.59 Å². The van der Waals surface area contributed by atoms with Gasteiger partial charge in [-0.1, -0.05) is 12.1 Å². The predicted octanol–water partition coefficient (Wildman–Crippen LogP) is 2.26. The normalized spacial score (nSPS) is 24.1. The fraction of sp³-hybridized carbons (Fsp3) is 0.583. The lowest BCUT2D eigenvalue weighted by molar-refractivity contribution is -0.151. The highest BCUT2D eigenvalue weighted by atomic mass is 16.5. The van der Waals surface area contributed by atoms with Crippen molar-refractivity contribution in [1.82, 2.24) is 14.8 Å². The van der Waals surface area contributed by atoms with Crippen LogP contribution >= 0.6 is 0 Å². The Bertz CT molecular complexity index is 969. The van der Waals surface area contributed by atoms with Gasteiger partial charge >= 0.3 is 5.97 Å². The fourth-order valence-electron chi connectivity index (χ4n) is 5.50. The number of carbonyl (C=O) groups is 2. The number of hydrogen-bond donors (Lipinski definition) is 2. The number of esters is 1. The third kappa shape index (κ3) is 3.96. The maximum Gasteiger partial charge on any atom is 0.325 e. The number of nitrogens with zero attached hydrogens (tertiary/aromatic N) is 2. The van der Waals surface area contributed by atoms with Gasteiger partial charge in [-0.2, -0.15) is 0 Å². The van der Waals surface area contributed by atoms with Crippen molar-refractivity contribution < 1.29 is 14.3 Å². The summed E-state index contributed by atoms with van der Waals surface area (Å²) in [5.74, 6) is -0.196. The Morgan fingerprint density at radius 2 is 2.13 bits per heavy atom. The number of nitrogens with two attached hydrogens (primary N) is 1. The first-order valence-corrected chi connectivity index (χ1v) is 11.3. The molecule has 7 nitrogen and oxygen atoms in total. The van der Waals surface area contributed by atoms with E-state index in [9.17, 15) is 9.59 Å². The number of piperidine rings is 1. The first-order chi connectivity index (χ1) is 14.8. The fourth-order valence-corrected chi connectivity index (χ4v) is 5.50. The molecule has 4 atom stereocenters. The van der Waals surface area contributed by atoms with Crippen LogP contribution in [0.25, 0.3) is 10.9 Å². The van der Waals surface area contributed by atoms with E-state index < -0.39 is 12.0 Å². The average molecular weight is 427 g/mol.